The van der Waals surface area contributed by atoms with Crippen molar-refractivity contribution < 1.29 is 28.4 Å². The van der Waals surface area contributed by atoms with E-state index in [1.165, 1.54) is 0 Å². The lowest BCUT2D eigenvalue weighted by molar-refractivity contribution is -0.0589. The molecule has 0 aliphatic heterocycles. The lowest BCUT2D eigenvalue weighted by atomic mass is 9.99. The van der Waals surface area contributed by atoms with Crippen molar-refractivity contribution in [1.82, 2.24) is 0 Å². The van der Waals surface area contributed by atoms with E-state index in [0.29, 0.717) is 24.0 Å². The van der Waals surface area contributed by atoms with Crippen molar-refractivity contribution in [1.29, 1.82) is 0 Å². The van der Waals surface area contributed by atoms with Gasteiger partial charge in [-0.05, 0) is 212 Å². The van der Waals surface area contributed by atoms with E-state index >= 15 is 0 Å². The Morgan fingerprint density at radius 3 is 0.641 bits per heavy atom. The Kier molecular flexibility index (Phi) is 44.3. The highest BCUT2D eigenvalue weighted by Crippen LogP contribution is 2.18. The first kappa shape index (κ1) is 75.3. The van der Waals surface area contributed by atoms with Crippen LogP contribution in [-0.2, 0) is 28.4 Å². The molecule has 396 valence electrons. The van der Waals surface area contributed by atoms with E-state index in [2.05, 4.69) is 235 Å². The summed E-state index contributed by atoms with van der Waals surface area (Å²) in [5.74, 6) is 5.72. The van der Waals surface area contributed by atoms with Gasteiger partial charge < -0.3 is 28.4 Å². The van der Waals surface area contributed by atoms with E-state index in [4.69, 9.17) is 28.4 Å². The van der Waals surface area contributed by atoms with Crippen LogP contribution in [-0.4, -0.2) is 72.2 Å². The average Bonchev–Trinajstić information content (AvgIpc) is 2.99. The second-order valence-electron chi connectivity index (χ2n) is 26.9. The molecule has 0 bridgehead atoms. The smallest absolute Gasteiger partial charge is 0.0602 e. The van der Waals surface area contributed by atoms with Gasteiger partial charge in [0.05, 0.1) is 59.0 Å². The van der Waals surface area contributed by atoms with Crippen molar-refractivity contribution in [3.05, 3.63) is 0 Å². The second-order valence-corrected chi connectivity index (χ2v) is 26.9. The van der Waals surface area contributed by atoms with Crippen LogP contribution in [0.5, 0.6) is 0 Å². The first-order valence-electron chi connectivity index (χ1n) is 26.0. The molecule has 6 heteroatoms. The van der Waals surface area contributed by atoms with Crippen molar-refractivity contribution in [3.8, 4) is 0 Å². The largest absolute Gasteiger partial charge is 0.376 e. The molecule has 0 saturated heterocycles. The lowest BCUT2D eigenvalue weighted by Gasteiger charge is -2.26. The van der Waals surface area contributed by atoms with Gasteiger partial charge in [-0.25, -0.2) is 0 Å². The maximum Gasteiger partial charge on any atom is 0.0602 e. The van der Waals surface area contributed by atoms with Crippen LogP contribution in [0, 0.1) is 47.3 Å². The van der Waals surface area contributed by atoms with Crippen molar-refractivity contribution in [2.24, 2.45) is 47.3 Å². The molecule has 0 amide bonds. The first-order chi connectivity index (χ1) is 28.1. The predicted octanol–water partition coefficient (Wildman–Crippen LogP) is 18.4. The molecule has 64 heavy (non-hydrogen) atoms. The number of ether oxygens (including phenoxy) is 6. The number of hydrogen-bond donors (Lipinski definition) is 0. The van der Waals surface area contributed by atoms with Gasteiger partial charge in [0.25, 0.3) is 0 Å². The van der Waals surface area contributed by atoms with Gasteiger partial charge in [0.1, 0.15) is 0 Å². The SMILES string of the molecule is CC(C)C(C)COC(C)(C)C.CC(C)C(C)COC(C)(C)C.CC(C)CC(C)OC(C)(C)C.CC(C)CC(C)OC(C)(C)C.CC(C)CCOC(C)(C)C.CC(C)CCOC(C)(C)C. The molecule has 0 N–H and O–H groups in total. The zero-order valence-corrected chi connectivity index (χ0v) is 50.9. The van der Waals surface area contributed by atoms with Gasteiger partial charge in [-0.2, -0.15) is 0 Å². The Balaban J connectivity index is -0.000000158. The highest BCUT2D eigenvalue weighted by molar-refractivity contribution is 4.66. The molecular weight excluding hydrogens is 793 g/mol. The zero-order valence-electron chi connectivity index (χ0n) is 50.9. The van der Waals surface area contributed by atoms with E-state index in [1.807, 2.05) is 0 Å². The van der Waals surface area contributed by atoms with Crippen LogP contribution in [0.15, 0.2) is 0 Å². The maximum absolute atomic E-state index is 5.75. The highest BCUT2D eigenvalue weighted by atomic mass is 16.5. The van der Waals surface area contributed by atoms with Gasteiger partial charge in [-0.15, -0.1) is 0 Å². The second kappa shape index (κ2) is 37.6. The van der Waals surface area contributed by atoms with Crippen LogP contribution in [0.25, 0.3) is 0 Å². The topological polar surface area (TPSA) is 55.4 Å². The molecule has 0 aromatic carbocycles. The molecule has 0 aliphatic rings. The third-order valence-corrected chi connectivity index (χ3v) is 9.01. The average molecular weight is 922 g/mol. The molecule has 0 aromatic rings. The Bertz CT molecular complexity index is 891. The summed E-state index contributed by atoms with van der Waals surface area (Å²) in [4.78, 5) is 0. The summed E-state index contributed by atoms with van der Waals surface area (Å²) < 4.78 is 33.9. The standard InChI is InChI=1S/4C10H22O.2C9H20O/c2*1-8(2)9(3)7-11-10(4,5)6;2*1-8(2)7-9(3)11-10(4,5)6;2*1-8(2)6-7-10-9(3,4)5/h4*8-9H,7H2,1-6H3;2*8H,6-7H2,1-5H3. The Morgan fingerprint density at radius 1 is 0.281 bits per heavy atom. The van der Waals surface area contributed by atoms with E-state index in [-0.39, 0.29) is 33.6 Å². The Labute approximate surface area is 407 Å². The quantitative estimate of drug-likeness (QED) is 0.137. The maximum atomic E-state index is 5.75. The van der Waals surface area contributed by atoms with Crippen LogP contribution in [0.2, 0.25) is 0 Å². The van der Waals surface area contributed by atoms with E-state index in [1.54, 1.807) is 0 Å². The summed E-state index contributed by atoms with van der Waals surface area (Å²) in [7, 11) is 0. The number of rotatable bonds is 18. The third-order valence-electron chi connectivity index (χ3n) is 9.01. The molecule has 4 unspecified atom stereocenters. The summed E-state index contributed by atoms with van der Waals surface area (Å²) in [5, 5.41) is 0. The molecule has 0 saturated carbocycles. The monoisotopic (exact) mass is 921 g/mol. The Morgan fingerprint density at radius 2 is 0.500 bits per heavy atom. The molecule has 0 rings (SSSR count). The van der Waals surface area contributed by atoms with Crippen LogP contribution in [0.3, 0.4) is 0 Å². The van der Waals surface area contributed by atoms with Gasteiger partial charge >= 0.3 is 0 Å². The highest BCUT2D eigenvalue weighted by Gasteiger charge is 2.18. The van der Waals surface area contributed by atoms with Crippen LogP contribution < -0.4 is 0 Å². The summed E-state index contributed by atoms with van der Waals surface area (Å²) >= 11 is 0. The van der Waals surface area contributed by atoms with Crippen LogP contribution in [0.1, 0.15) is 261 Å². The molecule has 0 fully saturated rings. The molecule has 0 spiro atoms. The van der Waals surface area contributed by atoms with Crippen molar-refractivity contribution >= 4 is 0 Å². The summed E-state index contributed by atoms with van der Waals surface area (Å²) in [5.41, 5.74) is 0.124. The van der Waals surface area contributed by atoms with Gasteiger partial charge in [-0.1, -0.05) is 96.9 Å². The summed E-state index contributed by atoms with van der Waals surface area (Å²) in [6, 6.07) is 0. The van der Waals surface area contributed by atoms with Gasteiger partial charge in [-0.3, -0.25) is 0 Å². The molecule has 6 nitrogen and oxygen atoms in total. The van der Waals surface area contributed by atoms with E-state index in [9.17, 15) is 0 Å². The molecular formula is C58H128O6. The number of hydrogen-bond acceptors (Lipinski definition) is 6. The minimum absolute atomic E-state index is 0.00824. The fraction of sp³-hybridized carbons (Fsp3) is 1.00. The molecule has 0 aliphatic carbocycles. The van der Waals surface area contributed by atoms with Crippen LogP contribution in [0.4, 0.5) is 0 Å². The molecule has 0 radical (unpaired) electrons. The fourth-order valence-corrected chi connectivity index (χ4v) is 4.98. The minimum atomic E-state index is 0.00824. The van der Waals surface area contributed by atoms with E-state index in [0.717, 1.165) is 87.6 Å². The van der Waals surface area contributed by atoms with E-state index < -0.39 is 0 Å². The van der Waals surface area contributed by atoms with Crippen molar-refractivity contribution in [2.45, 2.75) is 307 Å². The fourth-order valence-electron chi connectivity index (χ4n) is 4.98. The summed E-state index contributed by atoms with van der Waals surface area (Å²) in [6.07, 6.45) is 5.40. The third kappa shape index (κ3) is 85.1. The lowest BCUT2D eigenvalue weighted by Crippen LogP contribution is -2.26. The Hall–Kier alpha value is -0.240. The molecule has 0 heterocycles. The summed E-state index contributed by atoms with van der Waals surface area (Å²) in [6.45, 7) is 76.7. The normalized spacial score (nSPS) is 14.6. The van der Waals surface area contributed by atoms with Gasteiger partial charge in [0.15, 0.2) is 0 Å². The van der Waals surface area contributed by atoms with Crippen molar-refractivity contribution in [2.75, 3.05) is 26.4 Å². The molecule has 0 aromatic heterocycles. The molecule has 4 atom stereocenters. The van der Waals surface area contributed by atoms with Crippen LogP contribution >= 0.6 is 0 Å². The predicted molar refractivity (Wildman–Crippen MR) is 289 cm³/mol. The van der Waals surface area contributed by atoms with Gasteiger partial charge in [0.2, 0.25) is 0 Å². The van der Waals surface area contributed by atoms with Crippen molar-refractivity contribution in [3.63, 3.8) is 0 Å². The minimum Gasteiger partial charge on any atom is -0.376 e. The van der Waals surface area contributed by atoms with Gasteiger partial charge in [0, 0.05) is 13.2 Å². The zero-order chi connectivity index (χ0) is 52.7. The first-order valence-corrected chi connectivity index (χ1v) is 26.0.